The van der Waals surface area contributed by atoms with E-state index in [2.05, 4.69) is 10.3 Å². The highest BCUT2D eigenvalue weighted by atomic mass is 35.5. The largest absolute Gasteiger partial charge is 0.504 e. The minimum Gasteiger partial charge on any atom is -0.504 e. The number of amidine groups is 1. The highest BCUT2D eigenvalue weighted by Crippen LogP contribution is 2.33. The van der Waals surface area contributed by atoms with Crippen molar-refractivity contribution < 1.29 is 15.0 Å². The van der Waals surface area contributed by atoms with Crippen molar-refractivity contribution in [2.24, 2.45) is 4.99 Å². The summed E-state index contributed by atoms with van der Waals surface area (Å²) in [6.45, 7) is 0. The molecule has 2 aromatic rings. The Morgan fingerprint density at radius 3 is 2.58 bits per heavy atom. The Bertz CT molecular complexity index is 897. The highest BCUT2D eigenvalue weighted by Gasteiger charge is 2.24. The van der Waals surface area contributed by atoms with Crippen LogP contribution < -0.4 is 5.32 Å². The molecule has 1 aliphatic rings. The molecule has 1 heterocycles. The molecule has 24 heavy (non-hydrogen) atoms. The van der Waals surface area contributed by atoms with Gasteiger partial charge in [-0.1, -0.05) is 29.3 Å². The number of carbonyl (C=O) groups is 1. The van der Waals surface area contributed by atoms with Gasteiger partial charge in [0.15, 0.2) is 16.7 Å². The van der Waals surface area contributed by atoms with Gasteiger partial charge in [0.2, 0.25) is 0 Å². The van der Waals surface area contributed by atoms with Gasteiger partial charge in [-0.05, 0) is 53.7 Å². The van der Waals surface area contributed by atoms with Crippen molar-refractivity contribution in [3.05, 3.63) is 56.9 Å². The Hall–Kier alpha value is -2.15. The maximum Gasteiger partial charge on any atom is 0.264 e. The van der Waals surface area contributed by atoms with E-state index in [9.17, 15) is 15.0 Å². The second kappa shape index (κ2) is 6.76. The molecule has 0 saturated carbocycles. The van der Waals surface area contributed by atoms with E-state index in [1.54, 1.807) is 30.3 Å². The molecule has 3 rings (SSSR count). The molecule has 0 radical (unpaired) electrons. The van der Waals surface area contributed by atoms with Crippen LogP contribution in [-0.4, -0.2) is 21.3 Å². The number of phenolic OH excluding ortho intramolecular Hbond substituents is 2. The van der Waals surface area contributed by atoms with Crippen LogP contribution in [0.1, 0.15) is 5.56 Å². The summed E-state index contributed by atoms with van der Waals surface area (Å²) in [4.78, 5) is 16.7. The van der Waals surface area contributed by atoms with Gasteiger partial charge in [0.1, 0.15) is 0 Å². The second-order valence-electron chi connectivity index (χ2n) is 4.83. The van der Waals surface area contributed by atoms with Gasteiger partial charge in [-0.25, -0.2) is 4.99 Å². The first-order chi connectivity index (χ1) is 11.4. The van der Waals surface area contributed by atoms with Crippen molar-refractivity contribution in [2.75, 3.05) is 0 Å². The number of hydrogen-bond donors (Lipinski definition) is 3. The number of thioether (sulfide) groups is 1. The number of nitrogens with one attached hydrogen (secondary N) is 1. The number of benzene rings is 2. The van der Waals surface area contributed by atoms with Gasteiger partial charge >= 0.3 is 0 Å². The minimum absolute atomic E-state index is 0.222. The first kappa shape index (κ1) is 16.7. The molecule has 5 nitrogen and oxygen atoms in total. The molecule has 0 unspecified atom stereocenters. The van der Waals surface area contributed by atoms with Gasteiger partial charge in [0.25, 0.3) is 5.91 Å². The van der Waals surface area contributed by atoms with Crippen LogP contribution in [0.5, 0.6) is 11.5 Å². The van der Waals surface area contributed by atoms with E-state index in [0.717, 1.165) is 11.8 Å². The Morgan fingerprint density at radius 1 is 1.08 bits per heavy atom. The summed E-state index contributed by atoms with van der Waals surface area (Å²) in [5, 5.41) is 22.7. The molecule has 8 heteroatoms. The van der Waals surface area contributed by atoms with Crippen molar-refractivity contribution in [1.29, 1.82) is 0 Å². The van der Waals surface area contributed by atoms with Gasteiger partial charge in [-0.2, -0.15) is 0 Å². The Morgan fingerprint density at radius 2 is 1.88 bits per heavy atom. The summed E-state index contributed by atoms with van der Waals surface area (Å²) in [6, 6.07) is 9.18. The highest BCUT2D eigenvalue weighted by molar-refractivity contribution is 8.18. The van der Waals surface area contributed by atoms with E-state index in [0.29, 0.717) is 31.4 Å². The van der Waals surface area contributed by atoms with Crippen LogP contribution in [-0.2, 0) is 4.79 Å². The van der Waals surface area contributed by atoms with E-state index >= 15 is 0 Å². The summed E-state index contributed by atoms with van der Waals surface area (Å²) in [7, 11) is 0. The number of halogens is 2. The van der Waals surface area contributed by atoms with Crippen LogP contribution in [0.15, 0.2) is 46.3 Å². The summed E-state index contributed by atoms with van der Waals surface area (Å²) in [5.74, 6) is -0.786. The predicted molar refractivity (Wildman–Crippen MR) is 97.0 cm³/mol. The third-order valence-corrected chi connectivity index (χ3v) is 4.53. The van der Waals surface area contributed by atoms with Crippen LogP contribution in [0.3, 0.4) is 0 Å². The van der Waals surface area contributed by atoms with Crippen LogP contribution in [0, 0.1) is 0 Å². The van der Waals surface area contributed by atoms with Crippen molar-refractivity contribution in [1.82, 2.24) is 5.32 Å². The lowest BCUT2D eigenvalue weighted by Crippen LogP contribution is -2.19. The van der Waals surface area contributed by atoms with Crippen molar-refractivity contribution >= 4 is 57.8 Å². The molecule has 1 saturated heterocycles. The maximum absolute atomic E-state index is 12.0. The molecule has 1 aliphatic heterocycles. The Labute approximate surface area is 151 Å². The molecule has 1 fully saturated rings. The second-order valence-corrected chi connectivity index (χ2v) is 6.70. The zero-order valence-electron chi connectivity index (χ0n) is 12.0. The van der Waals surface area contributed by atoms with Crippen molar-refractivity contribution in [2.45, 2.75) is 0 Å². The fourth-order valence-electron chi connectivity index (χ4n) is 1.94. The molecule has 0 atom stereocenters. The number of phenols is 2. The van der Waals surface area contributed by atoms with E-state index in [1.165, 1.54) is 12.1 Å². The Balaban J connectivity index is 1.86. The number of carbonyl (C=O) groups excluding carboxylic acids is 1. The summed E-state index contributed by atoms with van der Waals surface area (Å²) in [5.41, 5.74) is 1.07. The van der Waals surface area contributed by atoms with Crippen LogP contribution in [0.4, 0.5) is 5.69 Å². The SMILES string of the molecule is O=C1NC(=Nc2ccc(Cl)cc2Cl)SC1=Cc1ccc(O)c(O)c1. The third-order valence-electron chi connectivity index (χ3n) is 3.08. The van der Waals surface area contributed by atoms with E-state index in [-0.39, 0.29) is 17.4 Å². The number of rotatable bonds is 2. The lowest BCUT2D eigenvalue weighted by atomic mass is 10.2. The fourth-order valence-corrected chi connectivity index (χ4v) is 3.23. The number of aromatic hydroxyl groups is 2. The van der Waals surface area contributed by atoms with Gasteiger partial charge in [-0.15, -0.1) is 0 Å². The molecule has 1 amide bonds. The zero-order chi connectivity index (χ0) is 17.3. The third kappa shape index (κ3) is 3.67. The van der Waals surface area contributed by atoms with E-state index < -0.39 is 0 Å². The van der Waals surface area contributed by atoms with Gasteiger partial charge in [0.05, 0.1) is 15.6 Å². The molecular formula is C16H10Cl2N2O3S. The summed E-state index contributed by atoms with van der Waals surface area (Å²) in [6.07, 6.45) is 1.59. The molecule has 122 valence electrons. The van der Waals surface area contributed by atoms with Crippen LogP contribution in [0.25, 0.3) is 6.08 Å². The minimum atomic E-state index is -0.309. The van der Waals surface area contributed by atoms with Gasteiger partial charge < -0.3 is 15.5 Å². The lowest BCUT2D eigenvalue weighted by molar-refractivity contribution is -0.115. The molecule has 0 aliphatic carbocycles. The number of aliphatic imine (C=N–C) groups is 1. The zero-order valence-corrected chi connectivity index (χ0v) is 14.3. The topological polar surface area (TPSA) is 81.9 Å². The van der Waals surface area contributed by atoms with E-state index in [4.69, 9.17) is 23.2 Å². The number of hydrogen-bond acceptors (Lipinski definition) is 5. The summed E-state index contributed by atoms with van der Waals surface area (Å²) >= 11 is 13.0. The monoisotopic (exact) mass is 380 g/mol. The first-order valence-corrected chi connectivity index (χ1v) is 8.26. The van der Waals surface area contributed by atoms with Gasteiger partial charge in [-0.3, -0.25) is 4.79 Å². The first-order valence-electron chi connectivity index (χ1n) is 6.69. The number of nitrogens with zero attached hydrogens (tertiary/aromatic N) is 1. The molecule has 3 N–H and O–H groups in total. The normalized spacial score (nSPS) is 17.5. The molecule has 2 aromatic carbocycles. The average Bonchev–Trinajstić information content (AvgIpc) is 2.86. The van der Waals surface area contributed by atoms with Crippen molar-refractivity contribution in [3.63, 3.8) is 0 Å². The lowest BCUT2D eigenvalue weighted by Gasteiger charge is -2.00. The molecular weight excluding hydrogens is 371 g/mol. The maximum atomic E-state index is 12.0. The van der Waals surface area contributed by atoms with Crippen LogP contribution >= 0.6 is 35.0 Å². The molecule has 0 bridgehead atoms. The van der Waals surface area contributed by atoms with Gasteiger partial charge in [0, 0.05) is 5.02 Å². The molecule has 0 spiro atoms. The quantitative estimate of drug-likeness (QED) is 0.535. The smallest absolute Gasteiger partial charge is 0.264 e. The van der Waals surface area contributed by atoms with E-state index in [1.807, 2.05) is 0 Å². The van der Waals surface area contributed by atoms with Crippen molar-refractivity contribution in [3.8, 4) is 11.5 Å². The fraction of sp³-hybridized carbons (Fsp3) is 0. The standard InChI is InChI=1S/C16H10Cl2N2O3S/c17-9-2-3-11(10(18)7-9)19-16-20-15(23)14(24-16)6-8-1-4-12(21)13(22)5-8/h1-7,21-22H,(H,19,20,23). The Kier molecular flexibility index (Phi) is 4.71. The molecule has 0 aromatic heterocycles. The predicted octanol–water partition coefficient (Wildman–Crippen LogP) is 4.30. The number of amides is 1. The summed E-state index contributed by atoms with van der Waals surface area (Å²) < 4.78 is 0. The van der Waals surface area contributed by atoms with Crippen LogP contribution in [0.2, 0.25) is 10.0 Å². The average molecular weight is 381 g/mol.